The number of nitrogens with zero attached hydrogens (tertiary/aromatic N) is 1. The summed E-state index contributed by atoms with van der Waals surface area (Å²) in [5, 5.41) is 19.6. The molecule has 0 aliphatic rings. The Balaban J connectivity index is 2.82. The summed E-state index contributed by atoms with van der Waals surface area (Å²) < 4.78 is 0.897. The van der Waals surface area contributed by atoms with Crippen LogP contribution in [0.2, 0.25) is 0 Å². The van der Waals surface area contributed by atoms with Crippen LogP contribution in [-0.2, 0) is 0 Å². The topological polar surface area (TPSA) is 70.0 Å². The van der Waals surface area contributed by atoms with Crippen molar-refractivity contribution in [1.29, 1.82) is 5.26 Å². The molecule has 0 aliphatic heterocycles. The third-order valence-corrected chi connectivity index (χ3v) is 2.70. The quantitative estimate of drug-likeness (QED) is 0.668. The van der Waals surface area contributed by atoms with Crippen molar-refractivity contribution in [2.24, 2.45) is 0 Å². The van der Waals surface area contributed by atoms with Crippen molar-refractivity contribution in [3.63, 3.8) is 0 Å². The van der Waals surface area contributed by atoms with Gasteiger partial charge >= 0.3 is 0 Å². The lowest BCUT2D eigenvalue weighted by Gasteiger charge is -1.94. The van der Waals surface area contributed by atoms with E-state index in [1.165, 1.54) is 11.3 Å². The molecule has 0 saturated heterocycles. The maximum atomic E-state index is 9.36. The number of phenolic OH excluding ortho intramolecular Hbond substituents is 1. The second-order valence-electron chi connectivity index (χ2n) is 2.67. The zero-order valence-electron chi connectivity index (χ0n) is 6.61. The number of rotatable bonds is 0. The highest BCUT2D eigenvalue weighted by atomic mass is 32.1. The molecule has 0 amide bonds. The van der Waals surface area contributed by atoms with E-state index in [0.29, 0.717) is 5.00 Å². The molecule has 4 heteroatoms. The smallest absolute Gasteiger partial charge is 0.134 e. The van der Waals surface area contributed by atoms with E-state index in [1.54, 1.807) is 18.2 Å². The SMILES string of the molecule is N#Cc1cc2cc(N)sc2cc1O. The van der Waals surface area contributed by atoms with Crippen LogP contribution in [0.4, 0.5) is 5.00 Å². The summed E-state index contributed by atoms with van der Waals surface area (Å²) >= 11 is 1.39. The Morgan fingerprint density at radius 1 is 1.38 bits per heavy atom. The third kappa shape index (κ3) is 1.19. The fourth-order valence-corrected chi connectivity index (χ4v) is 2.03. The molecule has 64 valence electrons. The second-order valence-corrected chi connectivity index (χ2v) is 3.78. The molecule has 2 aromatic rings. The highest BCUT2D eigenvalue weighted by Gasteiger charge is 2.05. The minimum atomic E-state index is 0.0110. The van der Waals surface area contributed by atoms with E-state index in [-0.39, 0.29) is 11.3 Å². The number of nitrogens with two attached hydrogens (primary N) is 1. The van der Waals surface area contributed by atoms with Crippen LogP contribution < -0.4 is 5.73 Å². The molecule has 0 aliphatic carbocycles. The van der Waals surface area contributed by atoms with Crippen molar-refractivity contribution in [3.05, 3.63) is 23.8 Å². The first-order valence-electron chi connectivity index (χ1n) is 3.63. The summed E-state index contributed by atoms with van der Waals surface area (Å²) in [5.74, 6) is 0.0110. The second kappa shape index (κ2) is 2.64. The van der Waals surface area contributed by atoms with Crippen LogP contribution in [0, 0.1) is 11.3 Å². The number of hydrogen-bond donors (Lipinski definition) is 2. The van der Waals surface area contributed by atoms with Crippen LogP contribution in [0.15, 0.2) is 18.2 Å². The highest BCUT2D eigenvalue weighted by Crippen LogP contribution is 2.32. The monoisotopic (exact) mass is 190 g/mol. The molecule has 2 rings (SSSR count). The van der Waals surface area contributed by atoms with Gasteiger partial charge in [-0.15, -0.1) is 11.3 Å². The van der Waals surface area contributed by atoms with Crippen molar-refractivity contribution in [3.8, 4) is 11.8 Å². The number of nitriles is 1. The summed E-state index contributed by atoms with van der Waals surface area (Å²) in [6.07, 6.45) is 0. The molecule has 1 aromatic carbocycles. The molecule has 13 heavy (non-hydrogen) atoms. The van der Waals surface area contributed by atoms with Gasteiger partial charge < -0.3 is 10.8 Å². The number of anilines is 1. The molecule has 1 aromatic heterocycles. The molecule has 0 radical (unpaired) electrons. The maximum Gasteiger partial charge on any atom is 0.134 e. The minimum Gasteiger partial charge on any atom is -0.507 e. The first-order chi connectivity index (χ1) is 6.20. The lowest BCUT2D eigenvalue weighted by Crippen LogP contribution is -1.75. The predicted octanol–water partition coefficient (Wildman–Crippen LogP) is 2.06. The molecule has 0 saturated carbocycles. The number of phenols is 1. The molecule has 0 bridgehead atoms. The maximum absolute atomic E-state index is 9.36. The fourth-order valence-electron chi connectivity index (χ4n) is 1.19. The standard InChI is InChI=1S/C9H6N2OS/c10-4-6-1-5-2-9(11)13-8(5)3-7(6)12/h1-3,12H,11H2. The number of thiophene rings is 1. The lowest BCUT2D eigenvalue weighted by molar-refractivity contribution is 0.474. The Morgan fingerprint density at radius 3 is 2.85 bits per heavy atom. The van der Waals surface area contributed by atoms with Crippen LogP contribution in [0.1, 0.15) is 5.56 Å². The van der Waals surface area contributed by atoms with E-state index in [4.69, 9.17) is 11.0 Å². The number of benzene rings is 1. The average molecular weight is 190 g/mol. The fraction of sp³-hybridized carbons (Fsp3) is 0. The van der Waals surface area contributed by atoms with Gasteiger partial charge in [-0.05, 0) is 23.6 Å². The van der Waals surface area contributed by atoms with Crippen molar-refractivity contribution >= 4 is 26.4 Å². The Kier molecular flexibility index (Phi) is 1.61. The predicted molar refractivity (Wildman–Crippen MR) is 52.6 cm³/mol. The molecule has 1 heterocycles. The van der Waals surface area contributed by atoms with Crippen LogP contribution in [-0.4, -0.2) is 5.11 Å². The Morgan fingerprint density at radius 2 is 2.15 bits per heavy atom. The van der Waals surface area contributed by atoms with Gasteiger partial charge in [0.25, 0.3) is 0 Å². The van der Waals surface area contributed by atoms with Crippen molar-refractivity contribution in [2.45, 2.75) is 0 Å². The highest BCUT2D eigenvalue weighted by molar-refractivity contribution is 7.22. The molecule has 3 N–H and O–H groups in total. The largest absolute Gasteiger partial charge is 0.507 e. The van der Waals surface area contributed by atoms with E-state index in [2.05, 4.69) is 0 Å². The molecule has 3 nitrogen and oxygen atoms in total. The van der Waals surface area contributed by atoms with E-state index in [9.17, 15) is 5.11 Å². The van der Waals surface area contributed by atoms with Crippen LogP contribution in [0.5, 0.6) is 5.75 Å². The summed E-state index contributed by atoms with van der Waals surface area (Å²) in [4.78, 5) is 0. The van der Waals surface area contributed by atoms with E-state index < -0.39 is 0 Å². The molecular weight excluding hydrogens is 184 g/mol. The summed E-state index contributed by atoms with van der Waals surface area (Å²) in [6.45, 7) is 0. The first kappa shape index (κ1) is 7.90. The Bertz CT molecular complexity index is 510. The number of aromatic hydroxyl groups is 1. The minimum absolute atomic E-state index is 0.0110. The summed E-state index contributed by atoms with van der Waals surface area (Å²) in [7, 11) is 0. The van der Waals surface area contributed by atoms with E-state index in [1.807, 2.05) is 6.07 Å². The van der Waals surface area contributed by atoms with Crippen LogP contribution in [0.25, 0.3) is 10.1 Å². The zero-order valence-corrected chi connectivity index (χ0v) is 7.43. The van der Waals surface area contributed by atoms with Gasteiger partial charge in [0, 0.05) is 4.70 Å². The Labute approximate surface area is 78.6 Å². The van der Waals surface area contributed by atoms with Gasteiger partial charge in [-0.25, -0.2) is 0 Å². The van der Waals surface area contributed by atoms with Gasteiger partial charge in [0.15, 0.2) is 0 Å². The number of hydrogen-bond acceptors (Lipinski definition) is 4. The van der Waals surface area contributed by atoms with Gasteiger partial charge in [-0.2, -0.15) is 5.26 Å². The van der Waals surface area contributed by atoms with Gasteiger partial charge in [0.1, 0.15) is 11.8 Å². The Hall–Kier alpha value is -1.73. The average Bonchev–Trinajstić information content (AvgIpc) is 2.42. The van der Waals surface area contributed by atoms with Crippen molar-refractivity contribution in [2.75, 3.05) is 5.73 Å². The van der Waals surface area contributed by atoms with Crippen molar-refractivity contribution < 1.29 is 5.11 Å². The van der Waals surface area contributed by atoms with E-state index >= 15 is 0 Å². The van der Waals surface area contributed by atoms with Gasteiger partial charge in [0.2, 0.25) is 0 Å². The summed E-state index contributed by atoms with van der Waals surface area (Å²) in [5.41, 5.74) is 5.87. The first-order valence-corrected chi connectivity index (χ1v) is 4.44. The molecule has 0 spiro atoms. The van der Waals surface area contributed by atoms with Gasteiger partial charge in [-0.1, -0.05) is 0 Å². The molecule has 0 atom stereocenters. The molecule has 0 fully saturated rings. The number of fused-ring (bicyclic) bond motifs is 1. The number of nitrogen functional groups attached to an aromatic ring is 1. The molecule has 0 unspecified atom stereocenters. The molecular formula is C9H6N2OS. The zero-order chi connectivity index (χ0) is 9.42. The lowest BCUT2D eigenvalue weighted by atomic mass is 10.1. The van der Waals surface area contributed by atoms with Crippen molar-refractivity contribution in [1.82, 2.24) is 0 Å². The van der Waals surface area contributed by atoms with Gasteiger partial charge in [0.05, 0.1) is 10.6 Å². The van der Waals surface area contributed by atoms with E-state index in [0.717, 1.165) is 10.1 Å². The normalized spacial score (nSPS) is 10.1. The van der Waals surface area contributed by atoms with Crippen LogP contribution >= 0.6 is 11.3 Å². The summed E-state index contributed by atoms with van der Waals surface area (Å²) in [6, 6.07) is 6.90. The van der Waals surface area contributed by atoms with Gasteiger partial charge in [-0.3, -0.25) is 0 Å². The van der Waals surface area contributed by atoms with Crippen LogP contribution in [0.3, 0.4) is 0 Å². The third-order valence-electron chi connectivity index (χ3n) is 1.77.